The number of benzene rings is 2. The molecule has 0 amide bonds. The zero-order valence-corrected chi connectivity index (χ0v) is 12.9. The van der Waals surface area contributed by atoms with Gasteiger partial charge in [0.05, 0.1) is 0 Å². The van der Waals surface area contributed by atoms with Crippen LogP contribution in [0.2, 0.25) is 0 Å². The highest BCUT2D eigenvalue weighted by atomic mass is 32.1. The van der Waals surface area contributed by atoms with Gasteiger partial charge in [0, 0.05) is 10.4 Å². The van der Waals surface area contributed by atoms with Crippen molar-refractivity contribution in [2.24, 2.45) is 5.84 Å². The fraction of sp³-hybridized carbons (Fsp3) is 0.118. The topological polar surface area (TPSA) is 64.3 Å². The van der Waals surface area contributed by atoms with Gasteiger partial charge in [-0.15, -0.1) is 11.3 Å². The Morgan fingerprint density at radius 2 is 2.00 bits per heavy atom. The number of thiophene rings is 1. The number of hydrogen-bond acceptors (Lipinski definition) is 5. The Balaban J connectivity index is 1.83. The third kappa shape index (κ3) is 2.81. The maximum absolute atomic E-state index is 12.3. The summed E-state index contributed by atoms with van der Waals surface area (Å²) in [5, 5.41) is 1.02. The molecule has 3 rings (SSSR count). The van der Waals surface area contributed by atoms with Gasteiger partial charge in [0.2, 0.25) is 0 Å². The van der Waals surface area contributed by atoms with Gasteiger partial charge in [0.15, 0.2) is 0 Å². The summed E-state index contributed by atoms with van der Waals surface area (Å²) in [6.07, 6.45) is 0. The minimum Gasteiger partial charge on any atom is -0.457 e. The molecule has 4 nitrogen and oxygen atoms in total. The number of nitrogen functional groups attached to an aromatic ring is 1. The van der Waals surface area contributed by atoms with E-state index in [2.05, 4.69) is 5.43 Å². The van der Waals surface area contributed by atoms with Gasteiger partial charge in [-0.1, -0.05) is 30.3 Å². The van der Waals surface area contributed by atoms with Crippen LogP contribution in [0, 0.1) is 6.92 Å². The Morgan fingerprint density at radius 1 is 1.23 bits per heavy atom. The van der Waals surface area contributed by atoms with Crippen LogP contribution in [0.25, 0.3) is 10.1 Å². The lowest BCUT2D eigenvalue weighted by molar-refractivity contribution is 0.0478. The van der Waals surface area contributed by atoms with Crippen molar-refractivity contribution in [1.82, 2.24) is 0 Å². The molecule has 0 saturated heterocycles. The zero-order valence-electron chi connectivity index (χ0n) is 12.1. The highest BCUT2D eigenvalue weighted by Gasteiger charge is 2.17. The summed E-state index contributed by atoms with van der Waals surface area (Å²) in [7, 11) is 0. The lowest BCUT2D eigenvalue weighted by Crippen LogP contribution is -2.06. The fourth-order valence-corrected chi connectivity index (χ4v) is 3.38. The maximum atomic E-state index is 12.3. The first kappa shape index (κ1) is 14.6. The van der Waals surface area contributed by atoms with Crippen molar-refractivity contribution in [3.63, 3.8) is 0 Å². The molecule has 0 saturated carbocycles. The van der Waals surface area contributed by atoms with Crippen LogP contribution in [0.3, 0.4) is 0 Å². The summed E-state index contributed by atoms with van der Waals surface area (Å²) >= 11 is 1.44. The van der Waals surface area contributed by atoms with E-state index in [1.165, 1.54) is 11.3 Å². The Kier molecular flexibility index (Phi) is 4.09. The highest BCUT2D eigenvalue weighted by molar-refractivity contribution is 7.21. The van der Waals surface area contributed by atoms with Crippen molar-refractivity contribution in [2.75, 3.05) is 5.43 Å². The van der Waals surface area contributed by atoms with Crippen LogP contribution in [0.1, 0.15) is 20.8 Å². The highest BCUT2D eigenvalue weighted by Crippen LogP contribution is 2.33. The first-order chi connectivity index (χ1) is 10.7. The van der Waals surface area contributed by atoms with Gasteiger partial charge >= 0.3 is 5.97 Å². The van der Waals surface area contributed by atoms with Gasteiger partial charge in [0.25, 0.3) is 0 Å². The minimum absolute atomic E-state index is 0.281. The van der Waals surface area contributed by atoms with Crippen molar-refractivity contribution in [3.8, 4) is 0 Å². The number of esters is 1. The molecule has 0 bridgehead atoms. The van der Waals surface area contributed by atoms with Gasteiger partial charge < -0.3 is 10.2 Å². The molecule has 112 valence electrons. The smallest absolute Gasteiger partial charge is 0.348 e. The third-order valence-electron chi connectivity index (χ3n) is 3.50. The standard InChI is InChI=1S/C17H16N2O2S/c1-11-14-9-13(19-18)7-8-15(14)22-16(11)17(20)21-10-12-5-3-2-4-6-12/h2-9,19H,10,18H2,1H3. The van der Waals surface area contributed by atoms with Crippen LogP contribution in [-0.4, -0.2) is 5.97 Å². The summed E-state index contributed by atoms with van der Waals surface area (Å²) in [6.45, 7) is 2.21. The molecule has 2 aromatic carbocycles. The van der Waals surface area contributed by atoms with E-state index in [1.807, 2.05) is 55.5 Å². The molecule has 3 aromatic rings. The SMILES string of the molecule is Cc1c(C(=O)OCc2ccccc2)sc2ccc(NN)cc12. The quantitative estimate of drug-likeness (QED) is 0.436. The number of fused-ring (bicyclic) bond motifs is 1. The van der Waals surface area contributed by atoms with Gasteiger partial charge in [-0.2, -0.15) is 0 Å². The minimum atomic E-state index is -0.287. The van der Waals surface area contributed by atoms with Crippen molar-refractivity contribution in [3.05, 3.63) is 64.5 Å². The van der Waals surface area contributed by atoms with Crippen LogP contribution >= 0.6 is 11.3 Å². The Bertz CT molecular complexity index is 812. The molecule has 5 heteroatoms. The Labute approximate surface area is 132 Å². The number of ether oxygens (including phenoxy) is 1. The van der Waals surface area contributed by atoms with Crippen LogP contribution in [-0.2, 0) is 11.3 Å². The van der Waals surface area contributed by atoms with Crippen LogP contribution in [0.5, 0.6) is 0 Å². The van der Waals surface area contributed by atoms with Gasteiger partial charge in [-0.3, -0.25) is 5.84 Å². The third-order valence-corrected chi connectivity index (χ3v) is 4.75. The van der Waals surface area contributed by atoms with Crippen molar-refractivity contribution in [2.45, 2.75) is 13.5 Å². The zero-order chi connectivity index (χ0) is 15.5. The van der Waals surface area contributed by atoms with Crippen LogP contribution in [0.4, 0.5) is 5.69 Å². The predicted molar refractivity (Wildman–Crippen MR) is 89.9 cm³/mol. The van der Waals surface area contributed by atoms with E-state index in [9.17, 15) is 4.79 Å². The normalized spacial score (nSPS) is 10.6. The summed E-state index contributed by atoms with van der Waals surface area (Å²) < 4.78 is 6.46. The van der Waals surface area contributed by atoms with E-state index in [4.69, 9.17) is 10.6 Å². The monoisotopic (exact) mass is 312 g/mol. The van der Waals surface area contributed by atoms with Crippen molar-refractivity contribution >= 4 is 33.1 Å². The first-order valence-corrected chi connectivity index (χ1v) is 7.71. The van der Waals surface area contributed by atoms with Crippen molar-refractivity contribution < 1.29 is 9.53 Å². The number of nitrogens with two attached hydrogens (primary N) is 1. The van der Waals surface area contributed by atoms with Crippen LogP contribution < -0.4 is 11.3 Å². The molecule has 0 aliphatic heterocycles. The maximum Gasteiger partial charge on any atom is 0.348 e. The van der Waals surface area contributed by atoms with Crippen LogP contribution in [0.15, 0.2) is 48.5 Å². The Morgan fingerprint density at radius 3 is 2.73 bits per heavy atom. The molecular weight excluding hydrogens is 296 g/mol. The lowest BCUT2D eigenvalue weighted by Gasteiger charge is -2.04. The van der Waals surface area contributed by atoms with E-state index in [1.54, 1.807) is 0 Å². The Hall–Kier alpha value is -2.37. The van der Waals surface area contributed by atoms with E-state index in [0.29, 0.717) is 4.88 Å². The number of hydrazine groups is 1. The van der Waals surface area contributed by atoms with Crippen molar-refractivity contribution in [1.29, 1.82) is 0 Å². The van der Waals surface area contributed by atoms with E-state index < -0.39 is 0 Å². The molecule has 0 atom stereocenters. The second-order valence-corrected chi connectivity index (χ2v) is 6.03. The number of carbonyl (C=O) groups is 1. The van der Waals surface area contributed by atoms with E-state index in [0.717, 1.165) is 26.9 Å². The molecule has 0 aliphatic carbocycles. The second kappa shape index (κ2) is 6.17. The molecule has 3 N–H and O–H groups in total. The number of anilines is 1. The molecule has 0 aliphatic rings. The summed E-state index contributed by atoms with van der Waals surface area (Å²) in [5.41, 5.74) is 5.34. The fourth-order valence-electron chi connectivity index (χ4n) is 2.29. The molecule has 0 radical (unpaired) electrons. The molecule has 0 unspecified atom stereocenters. The number of carbonyl (C=O) groups excluding carboxylic acids is 1. The number of aryl methyl sites for hydroxylation is 1. The number of nitrogens with one attached hydrogen (secondary N) is 1. The second-order valence-electron chi connectivity index (χ2n) is 4.97. The first-order valence-electron chi connectivity index (χ1n) is 6.90. The number of hydrogen-bond donors (Lipinski definition) is 2. The molecule has 22 heavy (non-hydrogen) atoms. The summed E-state index contributed by atoms with van der Waals surface area (Å²) in [4.78, 5) is 12.9. The van der Waals surface area contributed by atoms with E-state index >= 15 is 0 Å². The van der Waals surface area contributed by atoms with E-state index in [-0.39, 0.29) is 12.6 Å². The largest absolute Gasteiger partial charge is 0.457 e. The van der Waals surface area contributed by atoms with Gasteiger partial charge in [-0.05, 0) is 41.6 Å². The average Bonchev–Trinajstić information content (AvgIpc) is 2.90. The molecule has 0 fully saturated rings. The lowest BCUT2D eigenvalue weighted by atomic mass is 10.1. The summed E-state index contributed by atoms with van der Waals surface area (Å²) in [5.74, 6) is 5.14. The molecule has 1 heterocycles. The number of rotatable bonds is 4. The summed E-state index contributed by atoms with van der Waals surface area (Å²) in [6, 6.07) is 15.4. The predicted octanol–water partition coefficient (Wildman–Crippen LogP) is 3.85. The molecular formula is C17H16N2O2S. The van der Waals surface area contributed by atoms with Gasteiger partial charge in [-0.25, -0.2) is 4.79 Å². The van der Waals surface area contributed by atoms with Gasteiger partial charge in [0.1, 0.15) is 11.5 Å². The molecule has 1 aromatic heterocycles. The molecule has 0 spiro atoms. The average molecular weight is 312 g/mol.